The van der Waals surface area contributed by atoms with Crippen molar-refractivity contribution in [1.29, 1.82) is 0 Å². The fraction of sp³-hybridized carbons (Fsp3) is 0.0526. The number of hydrogen-bond donors (Lipinski definition) is 2. The Morgan fingerprint density at radius 2 is 1.71 bits per heavy atom. The molecule has 3 rings (SSSR count). The number of aromatic nitrogens is 1. The molecule has 0 fully saturated rings. The van der Waals surface area contributed by atoms with Crippen LogP contribution in [0.3, 0.4) is 0 Å². The number of benzene rings is 2. The fourth-order valence-corrected chi connectivity index (χ4v) is 2.53. The molecule has 0 aliphatic rings. The molecular weight excluding hydrogens is 304 g/mol. The summed E-state index contributed by atoms with van der Waals surface area (Å²) in [4.78, 5) is 24.6. The van der Waals surface area contributed by atoms with E-state index < -0.39 is 12.0 Å². The molecule has 24 heavy (non-hydrogen) atoms. The number of fused-ring (bicyclic) bond motifs is 1. The molecule has 3 aromatic rings. The number of carbonyl (C=O) groups is 2. The molecule has 5 nitrogen and oxygen atoms in total. The second-order valence-corrected chi connectivity index (χ2v) is 5.32. The molecule has 2 aromatic carbocycles. The highest BCUT2D eigenvalue weighted by atomic mass is 16.3. The van der Waals surface area contributed by atoms with Gasteiger partial charge in [-0.2, -0.15) is 0 Å². The molecule has 0 aliphatic carbocycles. The van der Waals surface area contributed by atoms with Gasteiger partial charge >= 0.3 is 0 Å². The van der Waals surface area contributed by atoms with Crippen LogP contribution in [0.25, 0.3) is 17.0 Å². The average Bonchev–Trinajstić information content (AvgIpc) is 2.99. The molecule has 0 bridgehead atoms. The molecule has 0 radical (unpaired) electrons. The normalized spacial score (nSPS) is 12.6. The Bertz CT molecular complexity index is 924. The summed E-state index contributed by atoms with van der Waals surface area (Å²) in [6, 6.07) is 16.4. The van der Waals surface area contributed by atoms with Crippen LogP contribution in [0.4, 0.5) is 0 Å². The maximum atomic E-state index is 12.5. The van der Waals surface area contributed by atoms with Crippen molar-refractivity contribution in [3.8, 4) is 0 Å². The molecule has 1 aromatic heterocycles. The third-order valence-electron chi connectivity index (χ3n) is 3.70. The lowest BCUT2D eigenvalue weighted by Crippen LogP contribution is -2.29. The topological polar surface area (TPSA) is 85.3 Å². The Morgan fingerprint density at radius 3 is 2.42 bits per heavy atom. The van der Waals surface area contributed by atoms with Crippen molar-refractivity contribution < 1.29 is 14.7 Å². The summed E-state index contributed by atoms with van der Waals surface area (Å²) in [6.45, 7) is 0. The minimum atomic E-state index is -1.61. The number of aliphatic hydroxyl groups is 1. The van der Waals surface area contributed by atoms with Crippen LogP contribution in [0, 0.1) is 0 Å². The SMILES string of the molecule is NC(O)C(=O)c1cn(C(=O)/C=C/c2ccccc2)c2ccccc12. The van der Waals surface area contributed by atoms with E-state index in [1.54, 1.807) is 30.3 Å². The highest BCUT2D eigenvalue weighted by Gasteiger charge is 2.20. The summed E-state index contributed by atoms with van der Waals surface area (Å²) in [6.07, 6.45) is 2.95. The third kappa shape index (κ3) is 3.03. The van der Waals surface area contributed by atoms with Gasteiger partial charge in [0.2, 0.25) is 5.78 Å². The Morgan fingerprint density at radius 1 is 1.04 bits per heavy atom. The quantitative estimate of drug-likeness (QED) is 0.439. The molecule has 0 saturated carbocycles. The summed E-state index contributed by atoms with van der Waals surface area (Å²) in [5, 5.41) is 9.93. The van der Waals surface area contributed by atoms with Gasteiger partial charge in [-0.15, -0.1) is 0 Å². The molecule has 0 spiro atoms. The van der Waals surface area contributed by atoms with Crippen molar-refractivity contribution in [3.63, 3.8) is 0 Å². The van der Waals surface area contributed by atoms with Crippen LogP contribution in [-0.4, -0.2) is 27.6 Å². The van der Waals surface area contributed by atoms with Crippen LogP contribution in [0.5, 0.6) is 0 Å². The number of carbonyl (C=O) groups excluding carboxylic acids is 2. The molecule has 0 saturated heterocycles. The van der Waals surface area contributed by atoms with Crippen molar-refractivity contribution in [2.24, 2.45) is 5.73 Å². The Labute approximate surface area is 138 Å². The van der Waals surface area contributed by atoms with Crippen LogP contribution >= 0.6 is 0 Å². The van der Waals surface area contributed by atoms with Crippen molar-refractivity contribution in [3.05, 3.63) is 78.0 Å². The van der Waals surface area contributed by atoms with Crippen LogP contribution in [-0.2, 0) is 0 Å². The second kappa shape index (κ2) is 6.62. The highest BCUT2D eigenvalue weighted by Crippen LogP contribution is 2.22. The number of aliphatic hydroxyl groups excluding tert-OH is 1. The lowest BCUT2D eigenvalue weighted by Gasteiger charge is -2.00. The number of allylic oxidation sites excluding steroid dienone is 1. The van der Waals surface area contributed by atoms with Crippen molar-refractivity contribution in [1.82, 2.24) is 4.57 Å². The van der Waals surface area contributed by atoms with Crippen LogP contribution in [0.15, 0.2) is 66.9 Å². The van der Waals surface area contributed by atoms with Crippen LogP contribution in [0.2, 0.25) is 0 Å². The Balaban J connectivity index is 2.02. The van der Waals surface area contributed by atoms with Crippen LogP contribution < -0.4 is 5.73 Å². The second-order valence-electron chi connectivity index (χ2n) is 5.32. The van der Waals surface area contributed by atoms with Gasteiger partial charge < -0.3 is 5.11 Å². The third-order valence-corrected chi connectivity index (χ3v) is 3.70. The van der Waals surface area contributed by atoms with E-state index in [1.165, 1.54) is 16.8 Å². The van der Waals surface area contributed by atoms with Gasteiger partial charge in [-0.25, -0.2) is 0 Å². The minimum Gasteiger partial charge on any atom is -0.371 e. The van der Waals surface area contributed by atoms with E-state index in [-0.39, 0.29) is 11.5 Å². The van der Waals surface area contributed by atoms with E-state index in [1.807, 2.05) is 30.3 Å². The van der Waals surface area contributed by atoms with E-state index in [9.17, 15) is 14.7 Å². The number of nitrogens with two attached hydrogens (primary N) is 1. The molecule has 1 atom stereocenters. The molecule has 1 unspecified atom stereocenters. The smallest absolute Gasteiger partial charge is 0.255 e. The standard InChI is InChI=1S/C19H16N2O3/c20-19(24)18(23)15-12-21(16-9-5-4-8-14(15)16)17(22)11-10-13-6-2-1-3-7-13/h1-12,19,24H,20H2/b11-10+. The zero-order chi connectivity index (χ0) is 17.1. The van der Waals surface area contributed by atoms with Gasteiger partial charge in [0.15, 0.2) is 6.23 Å². The predicted octanol–water partition coefficient (Wildman–Crippen LogP) is 2.45. The first kappa shape index (κ1) is 15.9. The van der Waals surface area contributed by atoms with Gasteiger partial charge in [-0.05, 0) is 17.7 Å². The van der Waals surface area contributed by atoms with Gasteiger partial charge in [0.25, 0.3) is 5.91 Å². The number of hydrogen-bond acceptors (Lipinski definition) is 4. The van der Waals surface area contributed by atoms with Gasteiger partial charge in [0.05, 0.1) is 5.52 Å². The first-order valence-corrected chi connectivity index (χ1v) is 7.43. The van der Waals surface area contributed by atoms with Crippen LogP contribution in [0.1, 0.15) is 20.7 Å². The fourth-order valence-electron chi connectivity index (χ4n) is 2.53. The maximum absolute atomic E-state index is 12.5. The molecule has 120 valence electrons. The summed E-state index contributed by atoms with van der Waals surface area (Å²) in [5.74, 6) is -0.912. The van der Waals surface area contributed by atoms with Gasteiger partial charge in [-0.3, -0.25) is 19.9 Å². The predicted molar refractivity (Wildman–Crippen MR) is 92.6 cm³/mol. The summed E-state index contributed by atoms with van der Waals surface area (Å²) in [7, 11) is 0. The first-order valence-electron chi connectivity index (χ1n) is 7.43. The Kier molecular flexibility index (Phi) is 4.37. The van der Waals surface area contributed by atoms with E-state index in [0.29, 0.717) is 10.9 Å². The van der Waals surface area contributed by atoms with E-state index >= 15 is 0 Å². The van der Waals surface area contributed by atoms with Crippen molar-refractivity contribution >= 4 is 28.7 Å². The van der Waals surface area contributed by atoms with Crippen molar-refractivity contribution in [2.75, 3.05) is 0 Å². The lowest BCUT2D eigenvalue weighted by molar-refractivity contribution is 0.0761. The minimum absolute atomic E-state index is 0.224. The highest BCUT2D eigenvalue weighted by molar-refractivity contribution is 6.12. The zero-order valence-electron chi connectivity index (χ0n) is 12.8. The van der Waals surface area contributed by atoms with E-state index in [4.69, 9.17) is 5.73 Å². The number of ketones is 1. The molecule has 0 amide bonds. The maximum Gasteiger partial charge on any atom is 0.255 e. The number of nitrogens with zero attached hydrogens (tertiary/aromatic N) is 1. The van der Waals surface area contributed by atoms with E-state index in [2.05, 4.69) is 0 Å². The molecule has 5 heteroatoms. The molecular formula is C19H16N2O3. The number of para-hydroxylation sites is 1. The summed E-state index contributed by atoms with van der Waals surface area (Å²) in [5.41, 5.74) is 6.99. The molecule has 3 N–H and O–H groups in total. The van der Waals surface area contributed by atoms with Gasteiger partial charge in [-0.1, -0.05) is 48.5 Å². The zero-order valence-corrected chi connectivity index (χ0v) is 12.8. The van der Waals surface area contributed by atoms with Gasteiger partial charge in [0.1, 0.15) is 0 Å². The van der Waals surface area contributed by atoms with Gasteiger partial charge in [0, 0.05) is 23.2 Å². The lowest BCUT2D eigenvalue weighted by atomic mass is 10.1. The van der Waals surface area contributed by atoms with E-state index in [0.717, 1.165) is 5.56 Å². The summed E-state index contributed by atoms with van der Waals surface area (Å²) < 4.78 is 1.38. The number of Topliss-reactive ketones (excluding diaryl/α,β-unsaturated/α-hetero) is 1. The largest absolute Gasteiger partial charge is 0.371 e. The first-order chi connectivity index (χ1) is 11.6. The molecule has 0 aliphatic heterocycles. The molecule has 1 heterocycles. The average molecular weight is 320 g/mol. The monoisotopic (exact) mass is 320 g/mol. The van der Waals surface area contributed by atoms with Crippen molar-refractivity contribution in [2.45, 2.75) is 6.23 Å². The summed E-state index contributed by atoms with van der Waals surface area (Å²) >= 11 is 0. The Hall–Kier alpha value is -3.02. The number of rotatable bonds is 4.